The van der Waals surface area contributed by atoms with E-state index in [1.807, 2.05) is 22.5 Å². The Kier molecular flexibility index (Phi) is 2.90. The van der Waals surface area contributed by atoms with Crippen LogP contribution in [0.5, 0.6) is 5.88 Å². The maximum absolute atomic E-state index is 5.87. The van der Waals surface area contributed by atoms with Gasteiger partial charge >= 0.3 is 0 Å². The number of hydrogen-bond acceptors (Lipinski definition) is 5. The van der Waals surface area contributed by atoms with Gasteiger partial charge in [-0.3, -0.25) is 0 Å². The molecular formula is C9H13N3OS. The molecule has 4 nitrogen and oxygen atoms in total. The van der Waals surface area contributed by atoms with Crippen molar-refractivity contribution in [1.82, 2.24) is 9.29 Å². The molecule has 0 spiro atoms. The van der Waals surface area contributed by atoms with Crippen molar-refractivity contribution < 1.29 is 4.74 Å². The molecule has 2 unspecified atom stereocenters. The summed E-state index contributed by atoms with van der Waals surface area (Å²) in [6, 6.07) is 5.58. The average molecular weight is 211 g/mol. The lowest BCUT2D eigenvalue weighted by Gasteiger charge is -2.15. The Morgan fingerprint density at radius 2 is 2.36 bits per heavy atom. The van der Waals surface area contributed by atoms with Gasteiger partial charge in [-0.25, -0.2) is 9.29 Å². The number of pyridine rings is 1. The third kappa shape index (κ3) is 2.17. The highest BCUT2D eigenvalue weighted by atomic mass is 32.1. The van der Waals surface area contributed by atoms with Crippen molar-refractivity contribution in [3.8, 4) is 5.88 Å². The maximum Gasteiger partial charge on any atom is 0.213 e. The summed E-state index contributed by atoms with van der Waals surface area (Å²) < 4.78 is 7.49. The predicted octanol–water partition coefficient (Wildman–Crippen LogP) is 0.317. The topological polar surface area (TPSA) is 51.4 Å². The lowest BCUT2D eigenvalue weighted by molar-refractivity contribution is 0.193. The maximum atomic E-state index is 5.87. The van der Waals surface area contributed by atoms with Crippen LogP contribution in [0.4, 0.5) is 0 Å². The molecule has 0 radical (unpaired) electrons. The fourth-order valence-electron chi connectivity index (χ4n) is 1.48. The summed E-state index contributed by atoms with van der Waals surface area (Å²) in [5.74, 6) is 0.622. The number of nitrogens with zero attached hydrogens (tertiary/aromatic N) is 2. The molecule has 14 heavy (non-hydrogen) atoms. The van der Waals surface area contributed by atoms with E-state index in [2.05, 4.69) is 17.8 Å². The fourth-order valence-corrected chi connectivity index (χ4v) is 1.82. The largest absolute Gasteiger partial charge is 0.471 e. The molecule has 0 aliphatic carbocycles. The third-order valence-corrected chi connectivity index (χ3v) is 2.53. The quantitative estimate of drug-likeness (QED) is 0.692. The molecule has 2 N–H and O–H groups in total. The molecule has 76 valence electrons. The Bertz CT molecular complexity index is 295. The molecule has 2 atom stereocenters. The van der Waals surface area contributed by atoms with Crippen molar-refractivity contribution in [2.24, 2.45) is 5.73 Å². The minimum absolute atomic E-state index is 0.00880. The van der Waals surface area contributed by atoms with E-state index in [-0.39, 0.29) is 12.1 Å². The molecule has 2 rings (SSSR count). The van der Waals surface area contributed by atoms with Crippen LogP contribution < -0.4 is 10.5 Å². The highest BCUT2D eigenvalue weighted by molar-refractivity contribution is 7.77. The Labute approximate surface area is 88.6 Å². The van der Waals surface area contributed by atoms with E-state index in [0.29, 0.717) is 5.88 Å². The number of hydrogen-bond donors (Lipinski definition) is 2. The van der Waals surface area contributed by atoms with Gasteiger partial charge in [0, 0.05) is 25.4 Å². The van der Waals surface area contributed by atoms with Gasteiger partial charge in [0.05, 0.1) is 6.04 Å². The Morgan fingerprint density at radius 1 is 1.50 bits per heavy atom. The van der Waals surface area contributed by atoms with Crippen LogP contribution >= 0.6 is 12.8 Å². The van der Waals surface area contributed by atoms with Crippen LogP contribution in [0.3, 0.4) is 0 Å². The van der Waals surface area contributed by atoms with Crippen molar-refractivity contribution in [3.05, 3.63) is 24.4 Å². The highest BCUT2D eigenvalue weighted by Gasteiger charge is 2.30. The van der Waals surface area contributed by atoms with Gasteiger partial charge in [0.2, 0.25) is 5.88 Å². The molecule has 5 heteroatoms. The van der Waals surface area contributed by atoms with E-state index in [0.717, 1.165) is 13.1 Å². The Balaban J connectivity index is 1.98. The molecule has 0 amide bonds. The second-order valence-corrected chi connectivity index (χ2v) is 3.93. The van der Waals surface area contributed by atoms with Gasteiger partial charge in [0.25, 0.3) is 0 Å². The lowest BCUT2D eigenvalue weighted by Crippen LogP contribution is -2.37. The third-order valence-electron chi connectivity index (χ3n) is 2.20. The summed E-state index contributed by atoms with van der Waals surface area (Å²) in [7, 11) is 0. The number of rotatable bonds is 2. The second kappa shape index (κ2) is 4.16. The fraction of sp³-hybridized carbons (Fsp3) is 0.444. The van der Waals surface area contributed by atoms with E-state index in [4.69, 9.17) is 10.5 Å². The monoisotopic (exact) mass is 211 g/mol. The molecule has 1 aromatic rings. The van der Waals surface area contributed by atoms with Crippen molar-refractivity contribution in [2.45, 2.75) is 12.1 Å². The van der Waals surface area contributed by atoms with Gasteiger partial charge in [-0.05, 0) is 6.07 Å². The molecule has 0 bridgehead atoms. The Morgan fingerprint density at radius 3 is 2.93 bits per heavy atom. The zero-order chi connectivity index (χ0) is 9.97. The van der Waals surface area contributed by atoms with Crippen molar-refractivity contribution in [1.29, 1.82) is 0 Å². The average Bonchev–Trinajstić information content (AvgIpc) is 2.47. The molecule has 1 aromatic heterocycles. The first kappa shape index (κ1) is 9.76. The SMILES string of the molecule is NC1CN(S)CC1Oc1ccccn1. The number of ether oxygens (including phenoxy) is 1. The standard InChI is InChI=1S/C9H13N3OS/c10-7-5-12(14)6-8(7)13-9-3-1-2-4-11-9/h1-4,7-8,14H,5-6,10H2. The van der Waals surface area contributed by atoms with Crippen molar-refractivity contribution in [3.63, 3.8) is 0 Å². The normalized spacial score (nSPS) is 27.9. The minimum atomic E-state index is -0.0117. The van der Waals surface area contributed by atoms with Gasteiger partial charge in [-0.1, -0.05) is 18.9 Å². The summed E-state index contributed by atoms with van der Waals surface area (Å²) >= 11 is 4.23. The smallest absolute Gasteiger partial charge is 0.213 e. The Hall–Kier alpha value is -0.780. The van der Waals surface area contributed by atoms with Crippen LogP contribution in [-0.4, -0.2) is 34.5 Å². The zero-order valence-corrected chi connectivity index (χ0v) is 8.60. The molecule has 1 aliphatic heterocycles. The zero-order valence-electron chi connectivity index (χ0n) is 7.71. The molecule has 1 aliphatic rings. The van der Waals surface area contributed by atoms with Gasteiger partial charge in [0.15, 0.2) is 0 Å². The van der Waals surface area contributed by atoms with E-state index in [1.165, 1.54) is 0 Å². The second-order valence-electron chi connectivity index (χ2n) is 3.36. The molecule has 0 saturated carbocycles. The first-order valence-corrected chi connectivity index (χ1v) is 4.93. The molecule has 1 fully saturated rings. The minimum Gasteiger partial charge on any atom is -0.471 e. The van der Waals surface area contributed by atoms with Crippen LogP contribution in [0.15, 0.2) is 24.4 Å². The lowest BCUT2D eigenvalue weighted by atomic mass is 10.2. The van der Waals surface area contributed by atoms with E-state index in [1.54, 1.807) is 6.20 Å². The molecular weight excluding hydrogens is 198 g/mol. The number of aromatic nitrogens is 1. The van der Waals surface area contributed by atoms with Gasteiger partial charge < -0.3 is 10.5 Å². The van der Waals surface area contributed by atoms with E-state index in [9.17, 15) is 0 Å². The number of thiol groups is 1. The van der Waals surface area contributed by atoms with Crippen molar-refractivity contribution in [2.75, 3.05) is 13.1 Å². The van der Waals surface area contributed by atoms with Gasteiger partial charge in [-0.2, -0.15) is 0 Å². The molecule has 1 saturated heterocycles. The first-order valence-electron chi connectivity index (χ1n) is 4.53. The van der Waals surface area contributed by atoms with E-state index >= 15 is 0 Å². The first-order chi connectivity index (χ1) is 6.75. The summed E-state index contributed by atoms with van der Waals surface area (Å²) in [6.45, 7) is 1.49. The van der Waals surface area contributed by atoms with Crippen LogP contribution in [0.2, 0.25) is 0 Å². The van der Waals surface area contributed by atoms with Crippen molar-refractivity contribution >= 4 is 12.8 Å². The van der Waals surface area contributed by atoms with E-state index < -0.39 is 0 Å². The summed E-state index contributed by atoms with van der Waals surface area (Å²) in [6.07, 6.45) is 1.69. The van der Waals surface area contributed by atoms with Crippen LogP contribution in [-0.2, 0) is 0 Å². The van der Waals surface area contributed by atoms with Crippen LogP contribution in [0.25, 0.3) is 0 Å². The predicted molar refractivity (Wildman–Crippen MR) is 57.2 cm³/mol. The summed E-state index contributed by atoms with van der Waals surface area (Å²) in [5, 5.41) is 0. The highest BCUT2D eigenvalue weighted by Crippen LogP contribution is 2.16. The van der Waals surface area contributed by atoms with Crippen LogP contribution in [0.1, 0.15) is 0 Å². The van der Waals surface area contributed by atoms with Gasteiger partial charge in [0.1, 0.15) is 6.10 Å². The molecule has 0 aromatic carbocycles. The van der Waals surface area contributed by atoms with Gasteiger partial charge in [-0.15, -0.1) is 0 Å². The molecule has 2 heterocycles. The summed E-state index contributed by atoms with van der Waals surface area (Å²) in [4.78, 5) is 4.08. The van der Waals surface area contributed by atoms with Crippen LogP contribution in [0, 0.1) is 0 Å². The number of nitrogens with two attached hydrogens (primary N) is 1. The summed E-state index contributed by atoms with van der Waals surface area (Å²) in [5.41, 5.74) is 5.87.